The molecule has 1 N–H and O–H groups in total. The molecule has 0 heterocycles. The molecule has 0 bridgehead atoms. The minimum atomic E-state index is -2.49. The molecule has 0 aromatic heterocycles. The summed E-state index contributed by atoms with van der Waals surface area (Å²) in [5, 5.41) is 9.74. The van der Waals surface area contributed by atoms with Gasteiger partial charge in [0, 0.05) is 16.5 Å². The molecule has 1 atom stereocenters. The molecule has 0 aliphatic rings. The van der Waals surface area contributed by atoms with Gasteiger partial charge in [0.25, 0.3) is 0 Å². The highest BCUT2D eigenvalue weighted by molar-refractivity contribution is 7.67. The van der Waals surface area contributed by atoms with Crippen molar-refractivity contribution in [1.29, 1.82) is 0 Å². The van der Waals surface area contributed by atoms with Gasteiger partial charge in [0.2, 0.25) is 0 Å². The first kappa shape index (κ1) is 17.2. The maximum absolute atomic E-state index is 13.4. The highest BCUT2D eigenvalue weighted by Crippen LogP contribution is 2.67. The van der Waals surface area contributed by atoms with Crippen molar-refractivity contribution in [3.8, 4) is 0 Å². The van der Waals surface area contributed by atoms with E-state index in [9.17, 15) is 9.67 Å². The zero-order chi connectivity index (χ0) is 14.3. The Labute approximate surface area is 108 Å². The molecule has 0 aromatic carbocycles. The predicted molar refractivity (Wildman–Crippen MR) is 77.4 cm³/mol. The molecule has 0 saturated carbocycles. The molecule has 2 nitrogen and oxygen atoms in total. The topological polar surface area (TPSA) is 37.3 Å². The number of rotatable bonds is 2. The van der Waals surface area contributed by atoms with Gasteiger partial charge in [-0.15, -0.1) is 0 Å². The summed E-state index contributed by atoms with van der Waals surface area (Å²) in [7, 11) is -2.49. The van der Waals surface area contributed by atoms with E-state index in [2.05, 4.69) is 0 Å². The van der Waals surface area contributed by atoms with Crippen LogP contribution in [0.1, 0.15) is 62.3 Å². The molecule has 0 rings (SSSR count). The zero-order valence-electron chi connectivity index (χ0n) is 13.1. The number of hydrogen-bond acceptors (Lipinski definition) is 2. The third kappa shape index (κ3) is 3.83. The van der Waals surface area contributed by atoms with Gasteiger partial charge in [-0.2, -0.15) is 0 Å². The third-order valence-corrected chi connectivity index (χ3v) is 8.79. The van der Waals surface area contributed by atoms with E-state index >= 15 is 0 Å². The molecule has 104 valence electrons. The summed E-state index contributed by atoms with van der Waals surface area (Å²) in [6.07, 6.45) is -0.115. The van der Waals surface area contributed by atoms with Crippen molar-refractivity contribution in [2.24, 2.45) is 5.41 Å². The Morgan fingerprint density at radius 1 is 0.882 bits per heavy atom. The van der Waals surface area contributed by atoms with Crippen LogP contribution in [0.25, 0.3) is 0 Å². The molecule has 0 aliphatic carbocycles. The van der Waals surface area contributed by atoms with Gasteiger partial charge >= 0.3 is 0 Å². The highest BCUT2D eigenvalue weighted by Gasteiger charge is 2.48. The Bertz CT molecular complexity index is 282. The average Bonchev–Trinajstić information content (AvgIpc) is 1.97. The minimum absolute atomic E-state index is 0.216. The van der Waals surface area contributed by atoms with Crippen molar-refractivity contribution in [3.63, 3.8) is 0 Å². The van der Waals surface area contributed by atoms with Crippen molar-refractivity contribution in [2.45, 2.75) is 78.7 Å². The first-order valence-electron chi connectivity index (χ1n) is 6.40. The quantitative estimate of drug-likeness (QED) is 0.751. The van der Waals surface area contributed by atoms with E-state index in [1.165, 1.54) is 0 Å². The molecule has 0 unspecified atom stereocenters. The lowest BCUT2D eigenvalue weighted by atomic mass is 9.90. The summed E-state index contributed by atoms with van der Waals surface area (Å²) < 4.78 is 13.4. The monoisotopic (exact) mass is 262 g/mol. The van der Waals surface area contributed by atoms with Crippen LogP contribution in [0.15, 0.2) is 0 Å². The van der Waals surface area contributed by atoms with Crippen molar-refractivity contribution in [1.82, 2.24) is 0 Å². The summed E-state index contributed by atoms with van der Waals surface area (Å²) >= 11 is 0. The lowest BCUT2D eigenvalue weighted by Crippen LogP contribution is -2.38. The summed E-state index contributed by atoms with van der Waals surface area (Å²) in [5.74, 6) is 0. The second-order valence-electron chi connectivity index (χ2n) is 8.15. The molecule has 0 fully saturated rings. The number of hydrogen-bond donors (Lipinski definition) is 1. The number of aliphatic hydroxyl groups is 1. The smallest absolute Gasteiger partial charge is 0.100 e. The van der Waals surface area contributed by atoms with Gasteiger partial charge in [-0.1, -0.05) is 62.3 Å². The fourth-order valence-electron chi connectivity index (χ4n) is 2.07. The normalized spacial score (nSPS) is 17.1. The molecule has 0 aromatic rings. The molecule has 0 radical (unpaired) electrons. The fourth-order valence-corrected chi connectivity index (χ4v) is 6.21. The second kappa shape index (κ2) is 4.70. The van der Waals surface area contributed by atoms with E-state index < -0.39 is 13.2 Å². The maximum Gasteiger partial charge on any atom is 0.100 e. The van der Waals surface area contributed by atoms with E-state index in [4.69, 9.17) is 0 Å². The van der Waals surface area contributed by atoms with Crippen LogP contribution < -0.4 is 0 Å². The van der Waals surface area contributed by atoms with E-state index in [-0.39, 0.29) is 15.7 Å². The van der Waals surface area contributed by atoms with E-state index in [0.717, 1.165) is 0 Å². The highest BCUT2D eigenvalue weighted by atomic mass is 31.2. The van der Waals surface area contributed by atoms with E-state index in [1.54, 1.807) is 0 Å². The Morgan fingerprint density at radius 2 is 1.18 bits per heavy atom. The first-order valence-corrected chi connectivity index (χ1v) is 8.29. The van der Waals surface area contributed by atoms with Gasteiger partial charge in [0.05, 0.1) is 6.10 Å². The third-order valence-electron chi connectivity index (χ3n) is 3.60. The SMILES string of the molecule is CC(C)(C)[C@@H](O)CP(=O)(C(C)(C)C)C(C)(C)C. The summed E-state index contributed by atoms with van der Waals surface area (Å²) in [4.78, 5) is 0. The van der Waals surface area contributed by atoms with Crippen molar-refractivity contribution < 1.29 is 9.67 Å². The van der Waals surface area contributed by atoms with Crippen LogP contribution in [0.4, 0.5) is 0 Å². The molecule has 0 amide bonds. The van der Waals surface area contributed by atoms with Gasteiger partial charge in [-0.05, 0) is 5.41 Å². The Hall–Kier alpha value is 0.190. The summed E-state index contributed by atoms with van der Waals surface area (Å²) in [6.45, 7) is 18.1. The van der Waals surface area contributed by atoms with Gasteiger partial charge < -0.3 is 9.67 Å². The van der Waals surface area contributed by atoms with E-state index in [0.29, 0.717) is 6.16 Å². The lowest BCUT2D eigenvalue weighted by molar-refractivity contribution is 0.0814. The standard InChI is InChI=1S/C14H31O2P/c1-12(2,3)11(15)10-17(16,13(4,5)6)14(7,8)9/h11,15H,10H2,1-9H3/t11-/m0/s1. The molecular formula is C14H31O2P. The minimum Gasteiger partial charge on any atom is -0.392 e. The lowest BCUT2D eigenvalue weighted by Gasteiger charge is -2.44. The van der Waals surface area contributed by atoms with Crippen LogP contribution in [0.3, 0.4) is 0 Å². The van der Waals surface area contributed by atoms with Crippen LogP contribution in [-0.4, -0.2) is 27.7 Å². The van der Waals surface area contributed by atoms with Crippen LogP contribution in [-0.2, 0) is 4.57 Å². The maximum atomic E-state index is 13.4. The molecular weight excluding hydrogens is 231 g/mol. The summed E-state index contributed by atoms with van der Waals surface area (Å²) in [6, 6.07) is 0. The first-order chi connectivity index (χ1) is 7.13. The Kier molecular flexibility index (Phi) is 4.75. The van der Waals surface area contributed by atoms with Crippen LogP contribution >= 0.6 is 7.14 Å². The molecule has 0 aliphatic heterocycles. The average molecular weight is 262 g/mol. The zero-order valence-corrected chi connectivity index (χ0v) is 14.0. The van der Waals surface area contributed by atoms with Crippen LogP contribution in [0, 0.1) is 5.41 Å². The molecule has 17 heavy (non-hydrogen) atoms. The second-order valence-corrected chi connectivity index (χ2v) is 12.7. The molecule has 0 spiro atoms. The molecule has 3 heteroatoms. The van der Waals surface area contributed by atoms with Gasteiger partial charge in [0.15, 0.2) is 0 Å². The van der Waals surface area contributed by atoms with Crippen molar-refractivity contribution in [2.75, 3.05) is 6.16 Å². The van der Waals surface area contributed by atoms with Crippen molar-refractivity contribution >= 4 is 7.14 Å². The predicted octanol–water partition coefficient (Wildman–Crippen LogP) is 4.35. The Balaban J connectivity index is 5.36. The Morgan fingerprint density at radius 3 is 1.35 bits per heavy atom. The summed E-state index contributed by atoms with van der Waals surface area (Å²) in [5.41, 5.74) is -0.216. The van der Waals surface area contributed by atoms with Crippen LogP contribution in [0.2, 0.25) is 0 Å². The number of aliphatic hydroxyl groups excluding tert-OH is 1. The van der Waals surface area contributed by atoms with Gasteiger partial charge in [-0.3, -0.25) is 0 Å². The fraction of sp³-hybridized carbons (Fsp3) is 1.00. The largest absolute Gasteiger partial charge is 0.392 e. The van der Waals surface area contributed by atoms with Gasteiger partial charge in [-0.25, -0.2) is 0 Å². The van der Waals surface area contributed by atoms with Crippen LogP contribution in [0.5, 0.6) is 0 Å². The van der Waals surface area contributed by atoms with Gasteiger partial charge in [0.1, 0.15) is 7.14 Å². The van der Waals surface area contributed by atoms with Crippen molar-refractivity contribution in [3.05, 3.63) is 0 Å². The van der Waals surface area contributed by atoms with E-state index in [1.807, 2.05) is 62.3 Å². The molecule has 0 saturated heterocycles.